The first-order valence-corrected chi connectivity index (χ1v) is 10.3. The summed E-state index contributed by atoms with van der Waals surface area (Å²) in [5.74, 6) is 4.35. The molecule has 0 spiro atoms. The maximum absolute atomic E-state index is 12.9. The average Bonchev–Trinajstić information content (AvgIpc) is 3.15. The second-order valence-electron chi connectivity index (χ2n) is 7.51. The Morgan fingerprint density at radius 2 is 1.91 bits per heavy atom. The standard InChI is InChI=1S/C23H27N5O4/c1-3-32-21(30)23(2,17-7-5-4-6-8-17)27-22(31)26-19-13-14-28(20(19)29)18-11-9-16(10-12-18)15-25-24/h4-12,15,19H,3,13-14,24H2,1-2H3,(H2,26,27,31). The summed E-state index contributed by atoms with van der Waals surface area (Å²) in [6.07, 6.45) is 1.96. The number of nitrogens with two attached hydrogens (primary N) is 1. The van der Waals surface area contributed by atoms with Crippen LogP contribution in [0.15, 0.2) is 59.7 Å². The maximum Gasteiger partial charge on any atom is 0.336 e. The normalized spacial score (nSPS) is 17.8. The molecule has 0 aliphatic carbocycles. The lowest BCUT2D eigenvalue weighted by Crippen LogP contribution is -2.56. The summed E-state index contributed by atoms with van der Waals surface area (Å²) < 4.78 is 5.18. The Labute approximate surface area is 186 Å². The number of nitrogens with zero attached hydrogens (tertiary/aromatic N) is 2. The number of benzene rings is 2. The number of urea groups is 1. The molecule has 3 amide bonds. The minimum atomic E-state index is -1.40. The van der Waals surface area contributed by atoms with Gasteiger partial charge in [0.05, 0.1) is 12.8 Å². The highest BCUT2D eigenvalue weighted by Gasteiger charge is 2.40. The summed E-state index contributed by atoms with van der Waals surface area (Å²) in [7, 11) is 0. The van der Waals surface area contributed by atoms with Crippen molar-refractivity contribution in [3.8, 4) is 0 Å². The molecular weight excluding hydrogens is 410 g/mol. The number of hydrazone groups is 1. The highest BCUT2D eigenvalue weighted by Crippen LogP contribution is 2.24. The summed E-state index contributed by atoms with van der Waals surface area (Å²) in [6.45, 7) is 3.91. The Morgan fingerprint density at radius 3 is 2.53 bits per heavy atom. The van der Waals surface area contributed by atoms with Gasteiger partial charge in [-0.25, -0.2) is 9.59 Å². The monoisotopic (exact) mass is 437 g/mol. The van der Waals surface area contributed by atoms with Crippen molar-refractivity contribution in [1.82, 2.24) is 10.6 Å². The number of hydrogen-bond acceptors (Lipinski definition) is 6. The van der Waals surface area contributed by atoms with Crippen molar-refractivity contribution in [1.29, 1.82) is 0 Å². The molecule has 2 atom stereocenters. The highest BCUT2D eigenvalue weighted by atomic mass is 16.5. The highest BCUT2D eigenvalue weighted by molar-refractivity contribution is 6.01. The van der Waals surface area contributed by atoms with E-state index in [1.165, 1.54) is 6.21 Å². The molecule has 0 radical (unpaired) electrons. The van der Waals surface area contributed by atoms with Gasteiger partial charge in [0, 0.05) is 12.2 Å². The van der Waals surface area contributed by atoms with E-state index in [0.29, 0.717) is 18.5 Å². The van der Waals surface area contributed by atoms with Crippen molar-refractivity contribution in [2.75, 3.05) is 18.1 Å². The van der Waals surface area contributed by atoms with Gasteiger partial charge in [-0.3, -0.25) is 4.79 Å². The van der Waals surface area contributed by atoms with Crippen molar-refractivity contribution in [2.24, 2.45) is 10.9 Å². The average molecular weight is 438 g/mol. The quantitative estimate of drug-likeness (QED) is 0.264. The minimum absolute atomic E-state index is 0.177. The van der Waals surface area contributed by atoms with Gasteiger partial charge in [-0.1, -0.05) is 42.5 Å². The van der Waals surface area contributed by atoms with Crippen LogP contribution in [0.4, 0.5) is 10.5 Å². The number of amides is 3. The molecule has 0 saturated carbocycles. The van der Waals surface area contributed by atoms with E-state index in [0.717, 1.165) is 11.3 Å². The fraction of sp³-hybridized carbons (Fsp3) is 0.304. The summed E-state index contributed by atoms with van der Waals surface area (Å²) >= 11 is 0. The van der Waals surface area contributed by atoms with Crippen molar-refractivity contribution >= 4 is 29.8 Å². The van der Waals surface area contributed by atoms with Crippen molar-refractivity contribution < 1.29 is 19.1 Å². The van der Waals surface area contributed by atoms with Crippen LogP contribution in [0.5, 0.6) is 0 Å². The lowest BCUT2D eigenvalue weighted by atomic mass is 9.92. The van der Waals surface area contributed by atoms with Gasteiger partial charge in [0.15, 0.2) is 5.54 Å². The van der Waals surface area contributed by atoms with Crippen molar-refractivity contribution in [3.05, 3.63) is 65.7 Å². The topological polar surface area (TPSA) is 126 Å². The van der Waals surface area contributed by atoms with Crippen LogP contribution >= 0.6 is 0 Å². The molecule has 1 saturated heterocycles. The van der Waals surface area contributed by atoms with E-state index in [1.807, 2.05) is 6.07 Å². The number of esters is 1. The SMILES string of the molecule is CCOC(=O)C(C)(NC(=O)NC1CCN(c2ccc(C=NN)cc2)C1=O)c1ccccc1. The Balaban J connectivity index is 1.69. The molecule has 2 aromatic carbocycles. The summed E-state index contributed by atoms with van der Waals surface area (Å²) in [4.78, 5) is 39.9. The molecule has 1 fully saturated rings. The first-order valence-electron chi connectivity index (χ1n) is 10.3. The van der Waals surface area contributed by atoms with E-state index in [1.54, 1.807) is 67.3 Å². The first kappa shape index (κ1) is 22.8. The van der Waals surface area contributed by atoms with E-state index in [-0.39, 0.29) is 12.5 Å². The van der Waals surface area contributed by atoms with E-state index >= 15 is 0 Å². The Bertz CT molecular complexity index is 993. The minimum Gasteiger partial charge on any atom is -0.464 e. The number of anilines is 1. The van der Waals surface area contributed by atoms with Crippen molar-refractivity contribution in [2.45, 2.75) is 31.8 Å². The molecular formula is C23H27N5O4. The molecule has 2 unspecified atom stereocenters. The summed E-state index contributed by atoms with van der Waals surface area (Å²) in [6, 6.07) is 14.7. The van der Waals surface area contributed by atoms with Crippen molar-refractivity contribution in [3.63, 3.8) is 0 Å². The summed E-state index contributed by atoms with van der Waals surface area (Å²) in [5, 5.41) is 8.87. The van der Waals surface area contributed by atoms with Gasteiger partial charge in [-0.2, -0.15) is 5.10 Å². The zero-order valence-electron chi connectivity index (χ0n) is 18.1. The Hall–Kier alpha value is -3.88. The van der Waals surface area contributed by atoms with E-state index < -0.39 is 23.6 Å². The van der Waals surface area contributed by atoms with Gasteiger partial charge >= 0.3 is 12.0 Å². The molecule has 9 nitrogen and oxygen atoms in total. The number of nitrogens with one attached hydrogen (secondary N) is 2. The largest absolute Gasteiger partial charge is 0.464 e. The number of hydrogen-bond donors (Lipinski definition) is 3. The van der Waals surface area contributed by atoms with Crippen LogP contribution in [0.1, 0.15) is 31.4 Å². The van der Waals surface area contributed by atoms with Crippen LogP contribution in [0, 0.1) is 0 Å². The molecule has 3 rings (SSSR count). The third-order valence-corrected chi connectivity index (χ3v) is 5.34. The zero-order valence-corrected chi connectivity index (χ0v) is 18.1. The molecule has 2 aromatic rings. The van der Waals surface area contributed by atoms with Gasteiger partial charge < -0.3 is 26.1 Å². The van der Waals surface area contributed by atoms with Crippen LogP contribution in [0.2, 0.25) is 0 Å². The van der Waals surface area contributed by atoms with Crippen LogP contribution in [-0.2, 0) is 19.9 Å². The predicted octanol–water partition coefficient (Wildman–Crippen LogP) is 1.86. The molecule has 0 bridgehead atoms. The smallest absolute Gasteiger partial charge is 0.336 e. The molecule has 32 heavy (non-hydrogen) atoms. The van der Waals surface area contributed by atoms with Gasteiger partial charge in [0.1, 0.15) is 6.04 Å². The van der Waals surface area contributed by atoms with Gasteiger partial charge in [0.2, 0.25) is 5.91 Å². The van der Waals surface area contributed by atoms with Crippen LogP contribution < -0.4 is 21.4 Å². The van der Waals surface area contributed by atoms with Gasteiger partial charge in [-0.05, 0) is 43.5 Å². The number of ether oxygens (including phenoxy) is 1. The molecule has 9 heteroatoms. The van der Waals surface area contributed by atoms with E-state index in [9.17, 15) is 14.4 Å². The summed E-state index contributed by atoms with van der Waals surface area (Å²) in [5.41, 5.74) is 0.711. The molecule has 1 aliphatic heterocycles. The lowest BCUT2D eigenvalue weighted by Gasteiger charge is -2.29. The van der Waals surface area contributed by atoms with Crippen LogP contribution in [-0.4, -0.2) is 43.3 Å². The van der Waals surface area contributed by atoms with E-state index in [2.05, 4.69) is 15.7 Å². The van der Waals surface area contributed by atoms with Gasteiger partial charge in [-0.15, -0.1) is 0 Å². The molecule has 1 aliphatic rings. The zero-order chi connectivity index (χ0) is 23.1. The third kappa shape index (κ3) is 4.88. The molecule has 4 N–H and O–H groups in total. The predicted molar refractivity (Wildman–Crippen MR) is 121 cm³/mol. The Morgan fingerprint density at radius 1 is 1.22 bits per heavy atom. The molecule has 1 heterocycles. The third-order valence-electron chi connectivity index (χ3n) is 5.34. The fourth-order valence-electron chi connectivity index (χ4n) is 3.61. The van der Waals surface area contributed by atoms with E-state index in [4.69, 9.17) is 10.6 Å². The van der Waals surface area contributed by atoms with Crippen LogP contribution in [0.25, 0.3) is 0 Å². The Kier molecular flexibility index (Phi) is 7.09. The number of carbonyl (C=O) groups excluding carboxylic acids is 3. The first-order chi connectivity index (χ1) is 15.4. The van der Waals surface area contributed by atoms with Crippen LogP contribution in [0.3, 0.4) is 0 Å². The second kappa shape index (κ2) is 9.95. The number of rotatable bonds is 7. The second-order valence-corrected chi connectivity index (χ2v) is 7.51. The maximum atomic E-state index is 12.9. The molecule has 168 valence electrons. The fourth-order valence-corrected chi connectivity index (χ4v) is 3.61. The molecule has 0 aromatic heterocycles. The van der Waals surface area contributed by atoms with Gasteiger partial charge in [0.25, 0.3) is 0 Å². The lowest BCUT2D eigenvalue weighted by molar-refractivity contribution is -0.150. The number of carbonyl (C=O) groups is 3.